The number of rotatable bonds is 10. The van der Waals surface area contributed by atoms with E-state index in [2.05, 4.69) is 39.5 Å². The second-order valence-electron chi connectivity index (χ2n) is 13.8. The number of nitrogens with one attached hydrogen (secondary N) is 1. The quantitative estimate of drug-likeness (QED) is 0.0548. The summed E-state index contributed by atoms with van der Waals surface area (Å²) in [5.41, 5.74) is 12.7. The van der Waals surface area contributed by atoms with E-state index in [0.29, 0.717) is 64.0 Å². The molecule has 2 heterocycles. The highest BCUT2D eigenvalue weighted by atomic mass is 79.9. The van der Waals surface area contributed by atoms with Crippen LogP contribution in [0.2, 0.25) is 0 Å². The number of nitrogens with two attached hydrogens (primary N) is 1. The van der Waals surface area contributed by atoms with Gasteiger partial charge in [-0.2, -0.15) is 0 Å². The van der Waals surface area contributed by atoms with Crippen LogP contribution in [0.5, 0.6) is 0 Å². The van der Waals surface area contributed by atoms with Crippen LogP contribution in [0.1, 0.15) is 47.9 Å². The summed E-state index contributed by atoms with van der Waals surface area (Å²) in [6.45, 7) is 3.82. The van der Waals surface area contributed by atoms with Gasteiger partial charge in [0.05, 0.1) is 13.1 Å². The van der Waals surface area contributed by atoms with Crippen molar-refractivity contribution in [2.75, 3.05) is 51.1 Å². The first-order valence-electron chi connectivity index (χ1n) is 19.8. The molecule has 0 bridgehead atoms. The van der Waals surface area contributed by atoms with Gasteiger partial charge in [-0.25, -0.2) is 17.6 Å². The van der Waals surface area contributed by atoms with Crippen LogP contribution in [0.25, 0.3) is 11.1 Å². The van der Waals surface area contributed by atoms with Crippen molar-refractivity contribution in [2.24, 2.45) is 5.73 Å². The summed E-state index contributed by atoms with van der Waals surface area (Å²) in [5.74, 6) is 3.49. The van der Waals surface area contributed by atoms with Crippen molar-refractivity contribution >= 4 is 38.9 Å². The fourth-order valence-corrected chi connectivity index (χ4v) is 7.04. The van der Waals surface area contributed by atoms with Crippen LogP contribution in [0.15, 0.2) is 133 Å². The van der Waals surface area contributed by atoms with Crippen molar-refractivity contribution in [3.05, 3.63) is 178 Å². The van der Waals surface area contributed by atoms with Gasteiger partial charge < -0.3 is 20.9 Å². The zero-order valence-electron chi connectivity index (χ0n) is 33.9. The Morgan fingerprint density at radius 2 is 0.902 bits per heavy atom. The number of piperidine rings is 2. The first-order chi connectivity index (χ1) is 29.6. The Labute approximate surface area is 365 Å². The monoisotopic (exact) mass is 892 g/mol. The normalized spacial score (nSPS) is 13.7. The molecular formula is C50H49BrF4N4O2. The highest BCUT2D eigenvalue weighted by molar-refractivity contribution is 9.09. The third-order valence-electron chi connectivity index (χ3n) is 9.81. The number of terminal acetylenes is 2. The molecule has 0 saturated carbocycles. The average molecular weight is 894 g/mol. The summed E-state index contributed by atoms with van der Waals surface area (Å²) < 4.78 is 53.6. The third-order valence-corrected chi connectivity index (χ3v) is 10.2. The molecule has 61 heavy (non-hydrogen) atoms. The van der Waals surface area contributed by atoms with Gasteiger partial charge in [-0.3, -0.25) is 9.59 Å². The molecule has 2 fully saturated rings. The Bertz CT molecular complexity index is 2140. The van der Waals surface area contributed by atoms with Crippen LogP contribution < -0.4 is 11.1 Å². The molecule has 4 aromatic rings. The second kappa shape index (κ2) is 25.6. The summed E-state index contributed by atoms with van der Waals surface area (Å²) in [5, 5.41) is 3.65. The molecule has 0 unspecified atom stereocenters. The van der Waals surface area contributed by atoms with E-state index < -0.39 is 0 Å². The first kappa shape index (κ1) is 47.7. The zero-order chi connectivity index (χ0) is 44.0. The summed E-state index contributed by atoms with van der Waals surface area (Å²) in [6.07, 6.45) is 19.4. The number of likely N-dealkylation sites (tertiary alicyclic amines) is 2. The molecule has 2 aliphatic rings. The number of hydrogen-bond acceptors (Lipinski definition) is 4. The molecule has 4 aromatic carbocycles. The van der Waals surface area contributed by atoms with E-state index in [1.807, 2.05) is 9.80 Å². The summed E-state index contributed by atoms with van der Waals surface area (Å²) in [4.78, 5) is 28.2. The summed E-state index contributed by atoms with van der Waals surface area (Å²) in [6, 6.07) is 25.4. The lowest BCUT2D eigenvalue weighted by Gasteiger charge is -2.29. The van der Waals surface area contributed by atoms with Crippen molar-refractivity contribution in [1.29, 1.82) is 0 Å². The molecule has 2 amide bonds. The number of alkyl halides is 1. The maximum atomic E-state index is 13.4. The number of allylic oxidation sites excluding steroid dienone is 1. The van der Waals surface area contributed by atoms with Gasteiger partial charge in [0.15, 0.2) is 0 Å². The Morgan fingerprint density at radius 1 is 0.590 bits per heavy atom. The number of nitrogens with zero attached hydrogens (tertiary/aromatic N) is 2. The van der Waals surface area contributed by atoms with Gasteiger partial charge in [0.2, 0.25) is 11.8 Å². The molecular weight excluding hydrogens is 844 g/mol. The highest BCUT2D eigenvalue weighted by Crippen LogP contribution is 2.34. The predicted octanol–water partition coefficient (Wildman–Crippen LogP) is 9.09. The van der Waals surface area contributed by atoms with Crippen LogP contribution in [-0.2, 0) is 9.59 Å². The van der Waals surface area contributed by atoms with E-state index in [4.69, 9.17) is 12.2 Å². The molecule has 0 atom stereocenters. The molecule has 0 radical (unpaired) electrons. The number of carbonyl (C=O) groups is 2. The van der Waals surface area contributed by atoms with Crippen LogP contribution in [0, 0.1) is 48.0 Å². The molecule has 3 N–H and O–H groups in total. The Hall–Kier alpha value is -5.98. The van der Waals surface area contributed by atoms with E-state index in [9.17, 15) is 27.2 Å². The fraction of sp³-hybridized carbons (Fsp3) is 0.240. The van der Waals surface area contributed by atoms with Crippen LogP contribution >= 0.6 is 15.9 Å². The largest absolute Gasteiger partial charge is 0.339 e. The lowest BCUT2D eigenvalue weighted by Crippen LogP contribution is -2.35. The lowest BCUT2D eigenvalue weighted by atomic mass is 9.88. The highest BCUT2D eigenvalue weighted by Gasteiger charge is 2.23. The topological polar surface area (TPSA) is 78.7 Å². The molecule has 2 aliphatic heterocycles. The van der Waals surface area contributed by atoms with Gasteiger partial charge in [0.25, 0.3) is 0 Å². The molecule has 6 nitrogen and oxygen atoms in total. The third kappa shape index (κ3) is 15.2. The summed E-state index contributed by atoms with van der Waals surface area (Å²) in [7, 11) is 0. The smallest absolute Gasteiger partial charge is 0.246 e. The van der Waals surface area contributed by atoms with Gasteiger partial charge in [-0.05, 0) is 114 Å². The minimum absolute atomic E-state index is 0.0126. The molecule has 0 spiro atoms. The van der Waals surface area contributed by atoms with Gasteiger partial charge >= 0.3 is 0 Å². The number of halogens is 5. The number of amides is 2. The van der Waals surface area contributed by atoms with E-state index in [1.54, 1.807) is 72.8 Å². The number of carbonyl (C=O) groups excluding carboxylic acids is 2. The molecule has 316 valence electrons. The predicted molar refractivity (Wildman–Crippen MR) is 241 cm³/mol. The van der Waals surface area contributed by atoms with Gasteiger partial charge in [-0.15, -0.1) is 12.8 Å². The average Bonchev–Trinajstić information content (AvgIpc) is 3.29. The Kier molecular flexibility index (Phi) is 20.0. The van der Waals surface area contributed by atoms with Gasteiger partial charge in [0, 0.05) is 44.1 Å². The van der Waals surface area contributed by atoms with Crippen molar-refractivity contribution in [2.45, 2.75) is 25.7 Å². The maximum Gasteiger partial charge on any atom is 0.246 e. The second-order valence-corrected chi connectivity index (χ2v) is 14.5. The molecule has 0 aromatic heterocycles. The Balaban J connectivity index is 0.000000248. The molecule has 11 heteroatoms. The molecule has 2 saturated heterocycles. The SMILES string of the molecule is C#CCN.C#CCNC/C=C/C(=O)N1CCC(=C(c2ccc(F)cc2)c2ccc(F)cc2)CC1.O=C(/C=C/CBr)N1CCC(=C(c2ccc(F)cc2)c2ccc(F)cc2)CC1. The van der Waals surface area contributed by atoms with E-state index >= 15 is 0 Å². The van der Waals surface area contributed by atoms with Gasteiger partial charge in [0.1, 0.15) is 23.3 Å². The molecule has 0 aliphatic carbocycles. The van der Waals surface area contributed by atoms with E-state index in [0.717, 1.165) is 46.2 Å². The van der Waals surface area contributed by atoms with E-state index in [-0.39, 0.29) is 35.1 Å². The van der Waals surface area contributed by atoms with Gasteiger partial charge in [-0.1, -0.05) is 99.6 Å². The van der Waals surface area contributed by atoms with Crippen molar-refractivity contribution < 1.29 is 27.2 Å². The van der Waals surface area contributed by atoms with Crippen molar-refractivity contribution in [1.82, 2.24) is 15.1 Å². The number of hydrogen-bond donors (Lipinski definition) is 2. The van der Waals surface area contributed by atoms with Crippen molar-refractivity contribution in [3.63, 3.8) is 0 Å². The fourth-order valence-electron chi connectivity index (χ4n) is 6.85. The lowest BCUT2D eigenvalue weighted by molar-refractivity contribution is -0.127. The zero-order valence-corrected chi connectivity index (χ0v) is 35.5. The standard InChI is InChI=1S/C25H24F2N2O.C22H20BrF2NO.C3H5N/c1-2-15-28-16-3-4-24(30)29-17-13-21(14-18-29)25(19-5-9-22(26)10-6-19)20-7-11-23(27)12-8-20;23-13-1-2-21(27)26-14-11-18(12-15-26)22(16-3-7-19(24)8-4-16)17-5-9-20(25)10-6-17;1-2-3-4/h1,3-12,28H,13-18H2;1-10H,11-15H2;1H,3-4H2/b4-3+;2-1+;. The Morgan fingerprint density at radius 3 is 1.18 bits per heavy atom. The first-order valence-corrected chi connectivity index (χ1v) is 20.9. The van der Waals surface area contributed by atoms with Crippen LogP contribution in [0.3, 0.4) is 0 Å². The van der Waals surface area contributed by atoms with Crippen molar-refractivity contribution in [3.8, 4) is 24.7 Å². The number of benzene rings is 4. The maximum absolute atomic E-state index is 13.4. The summed E-state index contributed by atoms with van der Waals surface area (Å²) >= 11 is 3.27. The van der Waals surface area contributed by atoms with E-state index in [1.165, 1.54) is 59.7 Å². The minimum Gasteiger partial charge on any atom is -0.339 e. The molecule has 6 rings (SSSR count). The van der Waals surface area contributed by atoms with Crippen LogP contribution in [0.4, 0.5) is 17.6 Å². The minimum atomic E-state index is -0.300. The van der Waals surface area contributed by atoms with Crippen LogP contribution in [-0.4, -0.2) is 72.8 Å².